The minimum Gasteiger partial charge on any atom is -0.318 e. The van der Waals surface area contributed by atoms with Crippen molar-refractivity contribution in [3.05, 3.63) is 34.3 Å². The Balaban J connectivity index is 1.82. The number of ketones is 1. The number of carbonyl (C=O) groups is 2. The Hall–Kier alpha value is -1.49. The van der Waals surface area contributed by atoms with Gasteiger partial charge in [0, 0.05) is 10.4 Å². The Bertz CT molecular complexity index is 592. The van der Waals surface area contributed by atoms with Crippen molar-refractivity contribution in [3.8, 4) is 0 Å². The van der Waals surface area contributed by atoms with Crippen molar-refractivity contribution in [3.63, 3.8) is 0 Å². The lowest BCUT2D eigenvalue weighted by atomic mass is 9.53. The van der Waals surface area contributed by atoms with Gasteiger partial charge in [-0.3, -0.25) is 4.79 Å². The lowest BCUT2D eigenvalue weighted by Crippen LogP contribution is -2.48. The van der Waals surface area contributed by atoms with Crippen LogP contribution in [-0.4, -0.2) is 18.0 Å². The van der Waals surface area contributed by atoms with E-state index in [0.29, 0.717) is 6.42 Å². The van der Waals surface area contributed by atoms with E-state index < -0.39 is 0 Å². The summed E-state index contributed by atoms with van der Waals surface area (Å²) in [6, 6.07) is 7.52. The summed E-state index contributed by atoms with van der Waals surface area (Å²) < 4.78 is 0.980. The highest BCUT2D eigenvalue weighted by Gasteiger charge is 2.50. The average Bonchev–Trinajstić information content (AvgIpc) is 2.44. The molecule has 0 heterocycles. The molecule has 4 nitrogen and oxygen atoms in total. The molecule has 0 saturated heterocycles. The molecule has 0 unspecified atom stereocenters. The predicted molar refractivity (Wildman–Crippen MR) is 88.5 cm³/mol. The standard InChI is InChI=1S/C17H20BrNO3/c1-11(20)15-8-13(17(15,2)3)9-16(21)22-19-10-12-4-6-14(18)7-5-12/h4-7,10,13,15H,8-9H2,1-3H3/t13-,15+/m0/s1. The topological polar surface area (TPSA) is 55.7 Å². The average molecular weight is 366 g/mol. The number of benzene rings is 1. The molecule has 0 spiro atoms. The number of halogens is 1. The van der Waals surface area contributed by atoms with Crippen LogP contribution < -0.4 is 0 Å². The molecule has 1 aliphatic carbocycles. The molecule has 1 fully saturated rings. The number of hydrogen-bond acceptors (Lipinski definition) is 4. The number of hydrogen-bond donors (Lipinski definition) is 0. The lowest BCUT2D eigenvalue weighted by molar-refractivity contribution is -0.153. The molecular formula is C17H20BrNO3. The highest BCUT2D eigenvalue weighted by molar-refractivity contribution is 9.10. The van der Waals surface area contributed by atoms with Gasteiger partial charge in [-0.05, 0) is 42.4 Å². The van der Waals surface area contributed by atoms with Crippen molar-refractivity contribution in [1.82, 2.24) is 0 Å². The first-order valence-corrected chi connectivity index (χ1v) is 8.09. The maximum atomic E-state index is 11.8. The van der Waals surface area contributed by atoms with E-state index in [0.717, 1.165) is 16.5 Å². The Morgan fingerprint density at radius 2 is 2.00 bits per heavy atom. The molecule has 1 aliphatic rings. The van der Waals surface area contributed by atoms with Crippen LogP contribution in [0, 0.1) is 17.3 Å². The van der Waals surface area contributed by atoms with Gasteiger partial charge in [-0.25, -0.2) is 4.79 Å². The van der Waals surface area contributed by atoms with Crippen LogP contribution in [0.15, 0.2) is 33.9 Å². The van der Waals surface area contributed by atoms with Gasteiger partial charge < -0.3 is 4.84 Å². The van der Waals surface area contributed by atoms with E-state index in [-0.39, 0.29) is 29.0 Å². The van der Waals surface area contributed by atoms with Crippen LogP contribution in [0.25, 0.3) is 0 Å². The minimum absolute atomic E-state index is 0.0524. The van der Waals surface area contributed by atoms with E-state index in [1.165, 1.54) is 6.21 Å². The van der Waals surface area contributed by atoms with Crippen LogP contribution in [0.5, 0.6) is 0 Å². The van der Waals surface area contributed by atoms with Crippen LogP contribution in [0.2, 0.25) is 0 Å². The summed E-state index contributed by atoms with van der Waals surface area (Å²) in [6.45, 7) is 5.68. The third-order valence-electron chi connectivity index (χ3n) is 4.60. The van der Waals surface area contributed by atoms with Crippen molar-refractivity contribution in [2.24, 2.45) is 22.4 Å². The fourth-order valence-corrected chi connectivity index (χ4v) is 3.25. The number of oxime groups is 1. The maximum absolute atomic E-state index is 11.8. The Morgan fingerprint density at radius 3 is 2.55 bits per heavy atom. The second kappa shape index (κ2) is 6.73. The maximum Gasteiger partial charge on any atom is 0.335 e. The van der Waals surface area contributed by atoms with Crippen molar-refractivity contribution in [2.75, 3.05) is 0 Å². The molecule has 1 aromatic carbocycles. The van der Waals surface area contributed by atoms with Crippen molar-refractivity contribution < 1.29 is 14.4 Å². The molecule has 0 aliphatic heterocycles. The van der Waals surface area contributed by atoms with E-state index >= 15 is 0 Å². The molecule has 2 atom stereocenters. The van der Waals surface area contributed by atoms with Gasteiger partial charge in [0.05, 0.1) is 12.6 Å². The molecule has 0 aromatic heterocycles. The molecule has 1 saturated carbocycles. The summed E-state index contributed by atoms with van der Waals surface area (Å²) in [5.41, 5.74) is 0.719. The smallest absolute Gasteiger partial charge is 0.318 e. The van der Waals surface area contributed by atoms with E-state index in [1.54, 1.807) is 6.92 Å². The van der Waals surface area contributed by atoms with Gasteiger partial charge in [0.25, 0.3) is 0 Å². The molecule has 1 aromatic rings. The van der Waals surface area contributed by atoms with E-state index in [1.807, 2.05) is 38.1 Å². The zero-order valence-corrected chi connectivity index (χ0v) is 14.6. The first-order valence-electron chi connectivity index (χ1n) is 7.30. The van der Waals surface area contributed by atoms with E-state index in [4.69, 9.17) is 4.84 Å². The normalized spacial score (nSPS) is 23.1. The van der Waals surface area contributed by atoms with Crippen molar-refractivity contribution in [2.45, 2.75) is 33.6 Å². The summed E-state index contributed by atoms with van der Waals surface area (Å²) in [6.07, 6.45) is 2.57. The van der Waals surface area contributed by atoms with Gasteiger partial charge in [0.1, 0.15) is 5.78 Å². The third kappa shape index (κ3) is 3.83. The molecule has 0 N–H and O–H groups in total. The third-order valence-corrected chi connectivity index (χ3v) is 5.13. The molecule has 118 valence electrons. The van der Waals surface area contributed by atoms with Crippen molar-refractivity contribution >= 4 is 33.9 Å². The number of nitrogens with zero attached hydrogens (tertiary/aromatic N) is 1. The van der Waals surface area contributed by atoms with Gasteiger partial charge in [0.15, 0.2) is 0 Å². The zero-order valence-electron chi connectivity index (χ0n) is 13.0. The molecular weight excluding hydrogens is 346 g/mol. The summed E-state index contributed by atoms with van der Waals surface area (Å²) in [5.74, 6) is 0.0738. The quantitative estimate of drug-likeness (QED) is 0.450. The van der Waals surface area contributed by atoms with E-state index in [2.05, 4.69) is 21.1 Å². The Morgan fingerprint density at radius 1 is 1.36 bits per heavy atom. The Labute approximate surface area is 139 Å². The summed E-state index contributed by atoms with van der Waals surface area (Å²) in [7, 11) is 0. The van der Waals surface area contributed by atoms with E-state index in [9.17, 15) is 9.59 Å². The molecule has 0 bridgehead atoms. The van der Waals surface area contributed by atoms with Crippen LogP contribution in [0.3, 0.4) is 0 Å². The minimum atomic E-state index is -0.353. The Kier molecular flexibility index (Phi) is 5.16. The molecule has 0 amide bonds. The van der Waals surface area contributed by atoms with Crippen LogP contribution in [-0.2, 0) is 14.4 Å². The SMILES string of the molecule is CC(=O)[C@H]1C[C@@H](CC(=O)ON=Cc2ccc(Br)cc2)C1(C)C. The van der Waals surface area contributed by atoms with Gasteiger partial charge in [-0.2, -0.15) is 0 Å². The van der Waals surface area contributed by atoms with Gasteiger partial charge >= 0.3 is 5.97 Å². The zero-order chi connectivity index (χ0) is 16.3. The first kappa shape index (κ1) is 16.9. The predicted octanol–water partition coefficient (Wildman–Crippen LogP) is 3.97. The second-order valence-electron chi connectivity index (χ2n) is 6.37. The molecule has 2 rings (SSSR count). The lowest BCUT2D eigenvalue weighted by Gasteiger charge is -2.50. The highest BCUT2D eigenvalue weighted by atomic mass is 79.9. The van der Waals surface area contributed by atoms with Crippen molar-refractivity contribution in [1.29, 1.82) is 0 Å². The van der Waals surface area contributed by atoms with Gasteiger partial charge in [-0.15, -0.1) is 0 Å². The fraction of sp³-hybridized carbons (Fsp3) is 0.471. The van der Waals surface area contributed by atoms with Crippen LogP contribution in [0.4, 0.5) is 0 Å². The molecule has 22 heavy (non-hydrogen) atoms. The summed E-state index contributed by atoms with van der Waals surface area (Å²) >= 11 is 3.35. The number of rotatable bonds is 5. The first-order chi connectivity index (χ1) is 10.3. The second-order valence-corrected chi connectivity index (χ2v) is 7.29. The van der Waals surface area contributed by atoms with Gasteiger partial charge in [0.2, 0.25) is 0 Å². The summed E-state index contributed by atoms with van der Waals surface area (Å²) in [5, 5.41) is 3.73. The summed E-state index contributed by atoms with van der Waals surface area (Å²) in [4.78, 5) is 28.2. The van der Waals surface area contributed by atoms with Gasteiger partial charge in [-0.1, -0.05) is 47.1 Å². The number of Topliss-reactive ketones (excluding diaryl/α,β-unsaturated/α-hetero) is 1. The molecule has 0 radical (unpaired) electrons. The van der Waals surface area contributed by atoms with Crippen LogP contribution >= 0.6 is 15.9 Å². The fourth-order valence-electron chi connectivity index (χ4n) is 2.99. The molecule has 5 heteroatoms. The highest BCUT2D eigenvalue weighted by Crippen LogP contribution is 2.53. The number of carbonyl (C=O) groups excluding carboxylic acids is 2. The largest absolute Gasteiger partial charge is 0.335 e. The van der Waals surface area contributed by atoms with Crippen LogP contribution in [0.1, 0.15) is 39.2 Å². The monoisotopic (exact) mass is 365 g/mol.